The van der Waals surface area contributed by atoms with Crippen LogP contribution < -0.4 is 20.9 Å². The number of carbonyl (C=O) groups is 9. The number of aliphatic hydroxyl groups is 1. The van der Waals surface area contributed by atoms with Crippen molar-refractivity contribution in [2.45, 2.75) is 174 Å². The Bertz CT molecular complexity index is 2910. The summed E-state index contributed by atoms with van der Waals surface area (Å²) in [5.41, 5.74) is 1.08. The molecule has 0 saturated carbocycles. The lowest BCUT2D eigenvalue weighted by molar-refractivity contribution is -0.177. The fourth-order valence-electron chi connectivity index (χ4n) is 11.5. The van der Waals surface area contributed by atoms with E-state index < -0.39 is 125 Å². The number of rotatable bonds is 13. The molecule has 8 unspecified atom stereocenters. The quantitative estimate of drug-likeness (QED) is 0.177. The van der Waals surface area contributed by atoms with Crippen LogP contribution in [0.15, 0.2) is 72.9 Å². The molecule has 8 amide bonds. The van der Waals surface area contributed by atoms with Crippen LogP contribution in [0, 0.1) is 17.8 Å². The number of benzene rings is 2. The normalized spacial score (nSPS) is 26.1. The van der Waals surface area contributed by atoms with Crippen LogP contribution in [-0.4, -0.2) is 209 Å². The van der Waals surface area contributed by atoms with Crippen LogP contribution in [0.3, 0.4) is 0 Å². The van der Waals surface area contributed by atoms with Gasteiger partial charge in [0.15, 0.2) is 12.1 Å². The predicted octanol–water partition coefficient (Wildman–Crippen LogP) is 4.00. The first kappa shape index (κ1) is 68.7. The molecule has 1 aromatic heterocycles. The topological polar surface area (TPSA) is 261 Å². The van der Waals surface area contributed by atoms with Crippen LogP contribution in [-0.2, 0) is 65.5 Å². The summed E-state index contributed by atoms with van der Waals surface area (Å²) >= 11 is 0. The molecule has 3 aliphatic heterocycles. The molecular weight excluding hydrogens is 1110 g/mol. The first-order valence-electron chi connectivity index (χ1n) is 30.7. The van der Waals surface area contributed by atoms with Crippen molar-refractivity contribution in [3.8, 4) is 11.1 Å². The van der Waals surface area contributed by atoms with Crippen molar-refractivity contribution in [1.29, 1.82) is 0 Å². The second-order valence-corrected chi connectivity index (χ2v) is 24.9. The van der Waals surface area contributed by atoms with Gasteiger partial charge in [0, 0.05) is 72.8 Å². The minimum Gasteiger partial charge on any atom is -0.450 e. The summed E-state index contributed by atoms with van der Waals surface area (Å²) in [6, 6.07) is 10.2. The first-order chi connectivity index (χ1) is 41.1. The van der Waals surface area contributed by atoms with E-state index in [9.17, 15) is 38.7 Å². The maximum absolute atomic E-state index is 15.7. The fraction of sp³-hybridized carbons (Fsp3) is 0.600. The van der Waals surface area contributed by atoms with Crippen LogP contribution in [0.1, 0.15) is 112 Å². The molecule has 0 aliphatic carbocycles. The van der Waals surface area contributed by atoms with Crippen LogP contribution in [0.4, 0.5) is 5.82 Å². The van der Waals surface area contributed by atoms with Gasteiger partial charge in [-0.2, -0.15) is 0 Å². The summed E-state index contributed by atoms with van der Waals surface area (Å²) in [4.78, 5) is 147. The fourth-order valence-corrected chi connectivity index (χ4v) is 11.5. The van der Waals surface area contributed by atoms with Crippen LogP contribution in [0.5, 0.6) is 0 Å². The van der Waals surface area contributed by atoms with Gasteiger partial charge in [0.25, 0.3) is 5.91 Å². The van der Waals surface area contributed by atoms with Crippen molar-refractivity contribution in [2.75, 3.05) is 65.9 Å². The SMILES string of the molecule is CCC(C)C1NC(=O)C2CCCN2C(=O)C(Cc2cccc(-c3ccnc(N4CCOCC4)c3)c2)N(C)C(=O)C(Cc2ccccc2)NC(=O)[C@H](C)N(C)C(=O)C([C@H](C)CC)OC(=O)C(C(C)(C)O)N(C)C(=O)C(CC(C)C)NC(=O)[C@H](C)N(C)C1=O. The zero-order valence-corrected chi connectivity index (χ0v) is 53.4. The minimum absolute atomic E-state index is 0.0248. The van der Waals surface area contributed by atoms with Gasteiger partial charge in [-0.3, -0.25) is 38.4 Å². The maximum Gasteiger partial charge on any atom is 0.332 e. The smallest absolute Gasteiger partial charge is 0.332 e. The Balaban J connectivity index is 1.47. The van der Waals surface area contributed by atoms with E-state index in [0.717, 1.165) is 26.7 Å². The van der Waals surface area contributed by atoms with E-state index in [0.29, 0.717) is 56.7 Å². The highest BCUT2D eigenvalue weighted by Crippen LogP contribution is 2.29. The number of ether oxygens (including phenoxy) is 2. The molecule has 0 bridgehead atoms. The number of likely N-dealkylation sites (N-methyl/N-ethyl adjacent to an activating group) is 4. The van der Waals surface area contributed by atoms with E-state index in [1.54, 1.807) is 51.2 Å². The largest absolute Gasteiger partial charge is 0.450 e. The monoisotopic (exact) mass is 1210 g/mol. The first-order valence-corrected chi connectivity index (χ1v) is 30.7. The lowest BCUT2D eigenvalue weighted by Crippen LogP contribution is -2.62. The zero-order valence-electron chi connectivity index (χ0n) is 53.4. The molecule has 3 saturated heterocycles. The maximum atomic E-state index is 15.7. The van der Waals surface area contributed by atoms with Gasteiger partial charge in [-0.05, 0) is 99.6 Å². The molecule has 476 valence electrons. The third-order valence-corrected chi connectivity index (χ3v) is 17.6. The molecule has 4 N–H and O–H groups in total. The Kier molecular flexibility index (Phi) is 24.0. The Morgan fingerprint density at radius 3 is 1.83 bits per heavy atom. The molecule has 2 aromatic carbocycles. The summed E-state index contributed by atoms with van der Waals surface area (Å²) in [6.07, 6.45) is 1.65. The van der Waals surface area contributed by atoms with E-state index in [-0.39, 0.29) is 38.1 Å². The van der Waals surface area contributed by atoms with Crippen molar-refractivity contribution < 1.29 is 57.7 Å². The second-order valence-electron chi connectivity index (χ2n) is 24.9. The van der Waals surface area contributed by atoms with Crippen molar-refractivity contribution in [3.63, 3.8) is 0 Å². The number of esters is 1. The highest BCUT2D eigenvalue weighted by Gasteiger charge is 2.47. The van der Waals surface area contributed by atoms with Crippen molar-refractivity contribution >= 4 is 59.0 Å². The van der Waals surface area contributed by atoms with Crippen LogP contribution in [0.25, 0.3) is 11.1 Å². The Morgan fingerprint density at radius 1 is 0.632 bits per heavy atom. The molecule has 3 aromatic rings. The van der Waals surface area contributed by atoms with E-state index >= 15 is 9.59 Å². The molecule has 0 spiro atoms. The van der Waals surface area contributed by atoms with Gasteiger partial charge in [-0.15, -0.1) is 0 Å². The lowest BCUT2D eigenvalue weighted by atomic mass is 9.94. The van der Waals surface area contributed by atoms with E-state index in [1.165, 1.54) is 70.6 Å². The van der Waals surface area contributed by atoms with Crippen molar-refractivity contribution in [2.24, 2.45) is 17.8 Å². The standard InChI is InChI=1S/C65H94N10O12/c1-15-40(5)53-62(82)70(11)42(7)56(76)67-48(34-39(3)4)60(80)73(14)55(65(9,10)85)64(84)87-54(41(6)16-2)63(83)71(12)43(8)57(77)68-49(36-44-22-18-17-19-23-44)59(79)72(13)51(61(81)75-29-21-26-50(75)58(78)69-53)37-45-24-20-25-46(35-45)47-27-28-66-52(38-47)74-30-32-86-33-31-74/h17-20,22-25,27-28,35,38-43,48-51,53-55,85H,15-16,21,26,29-34,36-37H2,1-14H3,(H,67,76)(H,68,77)(H,69,78)/t40?,41-,42+,43+,48?,49?,50?,51?,53?,54?,55?/m1/s1. The van der Waals surface area contributed by atoms with Gasteiger partial charge in [0.2, 0.25) is 41.4 Å². The van der Waals surface area contributed by atoms with Gasteiger partial charge in [-0.1, -0.05) is 103 Å². The molecule has 22 nitrogen and oxygen atoms in total. The predicted molar refractivity (Wildman–Crippen MR) is 329 cm³/mol. The minimum atomic E-state index is -1.97. The average Bonchev–Trinajstić information content (AvgIpc) is 4.07. The van der Waals surface area contributed by atoms with Gasteiger partial charge < -0.3 is 59.9 Å². The van der Waals surface area contributed by atoms with Crippen molar-refractivity contribution in [1.82, 2.24) is 45.4 Å². The zero-order chi connectivity index (χ0) is 64.2. The summed E-state index contributed by atoms with van der Waals surface area (Å²) in [7, 11) is 5.57. The summed E-state index contributed by atoms with van der Waals surface area (Å²) in [6.45, 7) is 19.0. The number of hydrogen-bond acceptors (Lipinski definition) is 14. The second kappa shape index (κ2) is 30.4. The highest BCUT2D eigenvalue weighted by molar-refractivity contribution is 5.99. The number of pyridine rings is 1. The number of amides is 8. The molecule has 0 radical (unpaired) electrons. The number of carbonyl (C=O) groups excluding carboxylic acids is 9. The van der Waals surface area contributed by atoms with Gasteiger partial charge in [0.1, 0.15) is 48.1 Å². The van der Waals surface area contributed by atoms with Crippen LogP contribution >= 0.6 is 0 Å². The highest BCUT2D eigenvalue weighted by atomic mass is 16.6. The van der Waals surface area contributed by atoms with Gasteiger partial charge >= 0.3 is 5.97 Å². The lowest BCUT2D eigenvalue weighted by Gasteiger charge is -2.39. The number of cyclic esters (lactones) is 1. The number of morpholine rings is 1. The molecule has 6 rings (SSSR count). The molecule has 3 fully saturated rings. The number of hydrogen-bond donors (Lipinski definition) is 4. The Labute approximate surface area is 513 Å². The van der Waals surface area contributed by atoms with Gasteiger partial charge in [-0.25, -0.2) is 9.78 Å². The van der Waals surface area contributed by atoms with E-state index in [4.69, 9.17) is 9.47 Å². The van der Waals surface area contributed by atoms with Gasteiger partial charge in [0.05, 0.1) is 18.8 Å². The summed E-state index contributed by atoms with van der Waals surface area (Å²) in [5.74, 6) is -7.06. The van der Waals surface area contributed by atoms with Crippen LogP contribution in [0.2, 0.25) is 0 Å². The molecular formula is C65H94N10O12. The molecule has 3 aliphatic rings. The van der Waals surface area contributed by atoms with Crippen molar-refractivity contribution in [3.05, 3.63) is 84.1 Å². The number of aromatic nitrogens is 1. The number of fused-ring (bicyclic) bond motifs is 1. The average molecular weight is 1210 g/mol. The molecule has 4 heterocycles. The third-order valence-electron chi connectivity index (χ3n) is 17.6. The molecule has 11 atom stereocenters. The Hall–Kier alpha value is -7.46. The molecule has 87 heavy (non-hydrogen) atoms. The number of nitrogens with zero attached hydrogens (tertiary/aromatic N) is 7. The van der Waals surface area contributed by atoms with E-state index in [2.05, 4.69) is 25.8 Å². The number of nitrogens with one attached hydrogen (secondary N) is 3. The van der Waals surface area contributed by atoms with E-state index in [1.807, 2.05) is 63.2 Å². The summed E-state index contributed by atoms with van der Waals surface area (Å²) < 4.78 is 11.6. The number of anilines is 1. The third kappa shape index (κ3) is 17.0. The summed E-state index contributed by atoms with van der Waals surface area (Å²) in [5, 5.41) is 20.3. The Morgan fingerprint density at radius 2 is 1.22 bits per heavy atom. The molecule has 22 heteroatoms.